The Morgan fingerprint density at radius 3 is 2.74 bits per heavy atom. The van der Waals surface area contributed by atoms with E-state index in [9.17, 15) is 4.79 Å². The highest BCUT2D eigenvalue weighted by atomic mass is 35.5. The summed E-state index contributed by atoms with van der Waals surface area (Å²) in [7, 11) is 0. The molecule has 2 rings (SSSR count). The van der Waals surface area contributed by atoms with Gasteiger partial charge in [-0.05, 0) is 38.2 Å². The SMILES string of the molecule is Cc1cc(Cl)c(C(=O)N2CC(C)CC(C)C2C)cn1. The van der Waals surface area contributed by atoms with Gasteiger partial charge in [0.2, 0.25) is 0 Å². The maximum absolute atomic E-state index is 12.6. The zero-order valence-electron chi connectivity index (χ0n) is 12.0. The van der Waals surface area contributed by atoms with Crippen LogP contribution in [0.1, 0.15) is 43.2 Å². The molecule has 0 aliphatic carbocycles. The number of hydrogen-bond acceptors (Lipinski definition) is 2. The number of amides is 1. The van der Waals surface area contributed by atoms with E-state index in [0.717, 1.165) is 12.2 Å². The number of pyridine rings is 1. The smallest absolute Gasteiger partial charge is 0.257 e. The summed E-state index contributed by atoms with van der Waals surface area (Å²) in [5.41, 5.74) is 1.34. The Kier molecular flexibility index (Phi) is 4.14. The number of piperidine rings is 1. The molecule has 0 spiro atoms. The maximum Gasteiger partial charge on any atom is 0.257 e. The van der Waals surface area contributed by atoms with Gasteiger partial charge in [-0.15, -0.1) is 0 Å². The van der Waals surface area contributed by atoms with Crippen molar-refractivity contribution in [3.05, 3.63) is 28.5 Å². The van der Waals surface area contributed by atoms with Gasteiger partial charge >= 0.3 is 0 Å². The lowest BCUT2D eigenvalue weighted by molar-refractivity contribution is 0.0455. The molecule has 3 nitrogen and oxygen atoms in total. The molecule has 1 aliphatic heterocycles. The van der Waals surface area contributed by atoms with Crippen molar-refractivity contribution in [2.45, 2.75) is 40.2 Å². The molecule has 0 bridgehead atoms. The minimum Gasteiger partial charge on any atom is -0.335 e. The van der Waals surface area contributed by atoms with Crippen LogP contribution in [0.2, 0.25) is 5.02 Å². The molecular formula is C15H21ClN2O. The second-order valence-corrected chi connectivity index (χ2v) is 6.23. The summed E-state index contributed by atoms with van der Waals surface area (Å²) in [5.74, 6) is 1.06. The lowest BCUT2D eigenvalue weighted by Gasteiger charge is -2.41. The second-order valence-electron chi connectivity index (χ2n) is 5.82. The van der Waals surface area contributed by atoms with E-state index in [1.54, 1.807) is 12.3 Å². The molecule has 0 N–H and O–H groups in total. The molecule has 19 heavy (non-hydrogen) atoms. The predicted octanol–water partition coefficient (Wildman–Crippen LogP) is 3.55. The maximum atomic E-state index is 12.6. The highest BCUT2D eigenvalue weighted by Crippen LogP contribution is 2.29. The summed E-state index contributed by atoms with van der Waals surface area (Å²) >= 11 is 6.18. The summed E-state index contributed by atoms with van der Waals surface area (Å²) in [4.78, 5) is 18.8. The van der Waals surface area contributed by atoms with Gasteiger partial charge in [-0.2, -0.15) is 0 Å². The highest BCUT2D eigenvalue weighted by Gasteiger charge is 2.33. The normalized spacial score (nSPS) is 27.4. The van der Waals surface area contributed by atoms with Gasteiger partial charge in [0.15, 0.2) is 0 Å². The van der Waals surface area contributed by atoms with Crippen molar-refractivity contribution in [1.82, 2.24) is 9.88 Å². The molecule has 1 aromatic heterocycles. The van der Waals surface area contributed by atoms with Gasteiger partial charge in [0.25, 0.3) is 5.91 Å². The highest BCUT2D eigenvalue weighted by molar-refractivity contribution is 6.33. The largest absolute Gasteiger partial charge is 0.335 e. The van der Waals surface area contributed by atoms with Gasteiger partial charge in [-0.25, -0.2) is 0 Å². The van der Waals surface area contributed by atoms with Gasteiger partial charge in [-0.1, -0.05) is 25.4 Å². The molecule has 104 valence electrons. The number of carbonyl (C=O) groups is 1. The van der Waals surface area contributed by atoms with E-state index in [2.05, 4.69) is 25.8 Å². The Morgan fingerprint density at radius 1 is 1.42 bits per heavy atom. The number of aromatic nitrogens is 1. The summed E-state index contributed by atoms with van der Waals surface area (Å²) < 4.78 is 0. The molecule has 0 radical (unpaired) electrons. The first-order valence-corrected chi connectivity index (χ1v) is 7.21. The number of likely N-dealkylation sites (tertiary alicyclic amines) is 1. The molecule has 0 aromatic carbocycles. The first-order chi connectivity index (χ1) is 8.90. The van der Waals surface area contributed by atoms with Gasteiger partial charge in [-0.3, -0.25) is 9.78 Å². The Morgan fingerprint density at radius 2 is 2.11 bits per heavy atom. The van der Waals surface area contributed by atoms with Crippen molar-refractivity contribution in [3.8, 4) is 0 Å². The summed E-state index contributed by atoms with van der Waals surface area (Å²) in [6.07, 6.45) is 2.77. The third-order valence-corrected chi connectivity index (χ3v) is 4.39. The van der Waals surface area contributed by atoms with E-state index in [4.69, 9.17) is 11.6 Å². The molecule has 1 saturated heterocycles. The van der Waals surface area contributed by atoms with Crippen LogP contribution in [0.4, 0.5) is 0 Å². The molecule has 1 amide bonds. The number of carbonyl (C=O) groups excluding carboxylic acids is 1. The van der Waals surface area contributed by atoms with Crippen LogP contribution in [0.25, 0.3) is 0 Å². The van der Waals surface area contributed by atoms with Gasteiger partial charge in [0.1, 0.15) is 0 Å². The van der Waals surface area contributed by atoms with E-state index >= 15 is 0 Å². The lowest BCUT2D eigenvalue weighted by Crippen LogP contribution is -2.48. The van der Waals surface area contributed by atoms with E-state index < -0.39 is 0 Å². The molecule has 3 unspecified atom stereocenters. The topological polar surface area (TPSA) is 33.2 Å². The van der Waals surface area contributed by atoms with Crippen molar-refractivity contribution >= 4 is 17.5 Å². The average Bonchev–Trinajstić information content (AvgIpc) is 2.33. The quantitative estimate of drug-likeness (QED) is 0.788. The number of aryl methyl sites for hydroxylation is 1. The molecule has 0 saturated carbocycles. The zero-order valence-corrected chi connectivity index (χ0v) is 12.7. The van der Waals surface area contributed by atoms with Gasteiger partial charge in [0.05, 0.1) is 10.6 Å². The minimum absolute atomic E-state index is 0.00315. The minimum atomic E-state index is 0.00315. The predicted molar refractivity (Wildman–Crippen MR) is 77.4 cm³/mol. The molecule has 2 heterocycles. The van der Waals surface area contributed by atoms with Crippen LogP contribution in [-0.2, 0) is 0 Å². The van der Waals surface area contributed by atoms with Crippen molar-refractivity contribution in [2.24, 2.45) is 11.8 Å². The number of hydrogen-bond donors (Lipinski definition) is 0. The summed E-state index contributed by atoms with van der Waals surface area (Å²) in [6, 6.07) is 2.00. The number of rotatable bonds is 1. The van der Waals surface area contributed by atoms with E-state index in [-0.39, 0.29) is 11.9 Å². The Hall–Kier alpha value is -1.09. The number of nitrogens with zero attached hydrogens (tertiary/aromatic N) is 2. The van der Waals surface area contributed by atoms with E-state index in [1.165, 1.54) is 6.42 Å². The van der Waals surface area contributed by atoms with Crippen LogP contribution >= 0.6 is 11.6 Å². The van der Waals surface area contributed by atoms with Crippen molar-refractivity contribution in [2.75, 3.05) is 6.54 Å². The fourth-order valence-electron chi connectivity index (χ4n) is 2.82. The van der Waals surface area contributed by atoms with Crippen LogP contribution in [0.15, 0.2) is 12.3 Å². The molecule has 4 heteroatoms. The molecular weight excluding hydrogens is 260 g/mol. The molecule has 3 atom stereocenters. The fourth-order valence-corrected chi connectivity index (χ4v) is 3.11. The first-order valence-electron chi connectivity index (χ1n) is 6.83. The Balaban J connectivity index is 2.27. The van der Waals surface area contributed by atoms with Gasteiger partial charge < -0.3 is 4.90 Å². The number of halogens is 1. The molecule has 1 aliphatic rings. The van der Waals surface area contributed by atoms with Crippen LogP contribution in [0.3, 0.4) is 0 Å². The monoisotopic (exact) mass is 280 g/mol. The molecule has 1 fully saturated rings. The van der Waals surface area contributed by atoms with Crippen LogP contribution in [-0.4, -0.2) is 28.4 Å². The van der Waals surface area contributed by atoms with Gasteiger partial charge in [0, 0.05) is 24.5 Å². The van der Waals surface area contributed by atoms with Crippen LogP contribution in [0.5, 0.6) is 0 Å². The zero-order chi connectivity index (χ0) is 14.2. The second kappa shape index (κ2) is 5.49. The molecule has 1 aromatic rings. The summed E-state index contributed by atoms with van der Waals surface area (Å²) in [5, 5.41) is 0.496. The standard InChI is InChI=1S/C15H21ClN2O/c1-9-5-10(2)12(4)18(8-9)15(19)13-7-17-11(3)6-14(13)16/h6-7,9-10,12H,5,8H2,1-4H3. The third kappa shape index (κ3) is 2.92. The van der Waals surface area contributed by atoms with Crippen LogP contribution in [0, 0.1) is 18.8 Å². The van der Waals surface area contributed by atoms with Crippen molar-refractivity contribution in [3.63, 3.8) is 0 Å². The van der Waals surface area contributed by atoms with E-state index in [0.29, 0.717) is 22.4 Å². The summed E-state index contributed by atoms with van der Waals surface area (Å²) in [6.45, 7) is 9.18. The van der Waals surface area contributed by atoms with Crippen molar-refractivity contribution in [1.29, 1.82) is 0 Å². The third-order valence-electron chi connectivity index (χ3n) is 4.08. The van der Waals surface area contributed by atoms with Crippen LogP contribution < -0.4 is 0 Å². The van der Waals surface area contributed by atoms with E-state index in [1.807, 2.05) is 11.8 Å². The fraction of sp³-hybridized carbons (Fsp3) is 0.600. The Bertz CT molecular complexity index is 489. The first kappa shape index (κ1) is 14.3. The Labute approximate surface area is 120 Å². The average molecular weight is 281 g/mol. The lowest BCUT2D eigenvalue weighted by atomic mass is 9.85. The van der Waals surface area contributed by atoms with Crippen molar-refractivity contribution < 1.29 is 4.79 Å².